The monoisotopic (exact) mass is 839 g/mol. The molecule has 3 atom stereocenters. The highest BCUT2D eigenvalue weighted by molar-refractivity contribution is 7.88. The number of alkyl halides is 6. The molecule has 3 N–H and O–H groups in total. The molecule has 2 aliphatic heterocycles. The summed E-state index contributed by atoms with van der Waals surface area (Å²) in [5.41, 5.74) is 3.26. The van der Waals surface area contributed by atoms with E-state index in [0.717, 1.165) is 24.1 Å². The van der Waals surface area contributed by atoms with Crippen molar-refractivity contribution in [3.05, 3.63) is 70.2 Å². The van der Waals surface area contributed by atoms with Crippen LogP contribution in [-0.4, -0.2) is 106 Å². The average Bonchev–Trinajstić information content (AvgIpc) is 3.56. The summed E-state index contributed by atoms with van der Waals surface area (Å²) in [6.45, 7) is 3.51. The first-order valence-electron chi connectivity index (χ1n) is 18.2. The number of sulfonamides is 1. The normalized spacial score (nSPS) is 18.9. The number of carbonyl (C=O) groups is 4. The molecule has 1 saturated heterocycles. The van der Waals surface area contributed by atoms with Crippen LogP contribution in [-0.2, 0) is 42.2 Å². The summed E-state index contributed by atoms with van der Waals surface area (Å²) >= 11 is 6.11. The number of nitrogens with zero attached hydrogens (tertiary/aromatic N) is 2. The zero-order valence-corrected chi connectivity index (χ0v) is 32.5. The molecular weight excluding hydrogens is 792 g/mol. The van der Waals surface area contributed by atoms with Gasteiger partial charge in [0.1, 0.15) is 6.04 Å². The lowest BCUT2D eigenvalue weighted by Gasteiger charge is -2.41. The number of hydrogen-bond acceptors (Lipinski definition) is 8. The van der Waals surface area contributed by atoms with Gasteiger partial charge in [0.05, 0.1) is 6.26 Å². The van der Waals surface area contributed by atoms with E-state index in [1.165, 1.54) is 43.9 Å². The second kappa shape index (κ2) is 21.8. The van der Waals surface area contributed by atoms with Crippen molar-refractivity contribution in [2.75, 3.05) is 39.0 Å². The van der Waals surface area contributed by atoms with Gasteiger partial charge in [0.2, 0.25) is 34.4 Å². The maximum absolute atomic E-state index is 14.0. The molecule has 0 spiro atoms. The largest absolute Gasteiger partial charge is 0.446 e. The lowest BCUT2D eigenvalue weighted by molar-refractivity contribution is -0.156. The van der Waals surface area contributed by atoms with Crippen LogP contribution in [0.2, 0.25) is 5.02 Å². The van der Waals surface area contributed by atoms with Crippen molar-refractivity contribution < 1.29 is 53.9 Å². The maximum Gasteiger partial charge on any atom is 0.446 e. The van der Waals surface area contributed by atoms with Crippen molar-refractivity contribution in [1.29, 1.82) is 0 Å². The van der Waals surface area contributed by atoms with Gasteiger partial charge in [-0.25, -0.2) is 13.1 Å². The molecule has 0 radical (unpaired) electrons. The van der Waals surface area contributed by atoms with Crippen LogP contribution >= 0.6 is 11.6 Å². The van der Waals surface area contributed by atoms with E-state index in [2.05, 4.69) is 32.4 Å². The summed E-state index contributed by atoms with van der Waals surface area (Å²) in [6, 6.07) is 14.8. The van der Waals surface area contributed by atoms with Crippen molar-refractivity contribution in [2.45, 2.75) is 88.4 Å². The molecule has 2 aromatic rings. The molecule has 56 heavy (non-hydrogen) atoms. The quantitative estimate of drug-likeness (QED) is 0.197. The number of nitrogens with one attached hydrogen (secondary N) is 3. The summed E-state index contributed by atoms with van der Waals surface area (Å²) in [7, 11) is -3.30. The fourth-order valence-electron chi connectivity index (χ4n) is 7.00. The molecule has 1 saturated carbocycles. The number of amides is 2. The topological polar surface area (TPSA) is 145 Å². The van der Waals surface area contributed by atoms with Crippen molar-refractivity contribution in [2.24, 2.45) is 5.92 Å². The fourth-order valence-corrected chi connectivity index (χ4v) is 7.62. The minimum Gasteiger partial charge on any atom is -0.344 e. The average molecular weight is 840 g/mol. The predicted octanol–water partition coefficient (Wildman–Crippen LogP) is 5.13. The summed E-state index contributed by atoms with van der Waals surface area (Å²) in [6.07, 6.45) is -2.45. The van der Waals surface area contributed by atoms with Crippen LogP contribution in [0.4, 0.5) is 26.3 Å². The molecule has 2 fully saturated rings. The Morgan fingerprint density at radius 2 is 1.48 bits per heavy atom. The number of rotatable bonds is 12. The minimum atomic E-state index is -4.64. The minimum absolute atomic E-state index is 0.0809. The molecule has 0 aromatic heterocycles. The second-order valence-corrected chi connectivity index (χ2v) is 16.3. The van der Waals surface area contributed by atoms with Crippen LogP contribution in [0.3, 0.4) is 0 Å². The van der Waals surface area contributed by atoms with E-state index in [4.69, 9.17) is 21.2 Å². The lowest BCUT2D eigenvalue weighted by Crippen LogP contribution is -2.58. The molecule has 3 aliphatic rings. The smallest absolute Gasteiger partial charge is 0.344 e. The van der Waals surface area contributed by atoms with E-state index in [1.807, 2.05) is 29.2 Å². The molecule has 2 heterocycles. The molecule has 11 nitrogen and oxygen atoms in total. The highest BCUT2D eigenvalue weighted by Crippen LogP contribution is 2.30. The van der Waals surface area contributed by atoms with E-state index in [0.29, 0.717) is 50.1 Å². The fraction of sp³-hybridized carbons (Fsp3) is 0.568. The van der Waals surface area contributed by atoms with Crippen molar-refractivity contribution in [3.63, 3.8) is 0 Å². The standard InChI is InChI=1S/C33H46ClN5O4S.2C2HF3O/c1-44(42,43)36-23-28(19-24-7-3-2-4-8-24)38-15-17-39(18-16-38)33(41)31(20-25-11-13-27(34)14-12-25)37-32(40)21-30-29-10-6-5-9-26(29)22-35-30;2*3-2(4,5)1-6/h5-6,9-14,24,28,30-31,35-36H,2-4,7-8,15-23H2,1H3,(H,37,40);2*1H/t28?,30?,31-;;/m1../s1. The lowest BCUT2D eigenvalue weighted by atomic mass is 9.84. The van der Waals surface area contributed by atoms with Gasteiger partial charge in [-0.2, -0.15) is 26.3 Å². The number of aldehydes is 2. The van der Waals surface area contributed by atoms with Gasteiger partial charge in [-0.15, -0.1) is 0 Å². The zero-order valence-electron chi connectivity index (χ0n) is 30.9. The SMILES string of the molecule is CS(=O)(=O)NCC(CC1CCCCC1)N1CCN(C(=O)[C@@H](Cc2ccc(Cl)cc2)NC(=O)CC2NCc3ccccc32)CC1.O=CC(F)(F)F.O=CC(F)(F)F. The highest BCUT2D eigenvalue weighted by atomic mass is 35.5. The van der Waals surface area contributed by atoms with Gasteiger partial charge in [0.15, 0.2) is 0 Å². The first-order valence-corrected chi connectivity index (χ1v) is 20.4. The molecule has 1 aliphatic carbocycles. The Labute approximate surface area is 327 Å². The van der Waals surface area contributed by atoms with Crippen LogP contribution in [0.15, 0.2) is 48.5 Å². The van der Waals surface area contributed by atoms with Gasteiger partial charge in [0, 0.05) is 69.2 Å². The van der Waals surface area contributed by atoms with Crippen LogP contribution in [0, 0.1) is 5.92 Å². The van der Waals surface area contributed by atoms with Crippen LogP contribution in [0.25, 0.3) is 0 Å². The Morgan fingerprint density at radius 3 is 2.04 bits per heavy atom. The van der Waals surface area contributed by atoms with E-state index in [-0.39, 0.29) is 30.3 Å². The molecule has 312 valence electrons. The maximum atomic E-state index is 14.0. The second-order valence-electron chi connectivity index (χ2n) is 14.0. The molecule has 2 unspecified atom stereocenters. The van der Waals surface area contributed by atoms with Crippen molar-refractivity contribution in [1.82, 2.24) is 25.2 Å². The van der Waals surface area contributed by atoms with Crippen LogP contribution in [0.5, 0.6) is 0 Å². The third-order valence-corrected chi connectivity index (χ3v) is 10.6. The Morgan fingerprint density at radius 1 is 0.911 bits per heavy atom. The van der Waals surface area contributed by atoms with Gasteiger partial charge in [-0.1, -0.05) is 80.1 Å². The van der Waals surface area contributed by atoms with Crippen LogP contribution in [0.1, 0.15) is 67.7 Å². The molecule has 2 amide bonds. The third kappa shape index (κ3) is 17.3. The number of halogens is 7. The van der Waals surface area contributed by atoms with Crippen molar-refractivity contribution >= 4 is 46.0 Å². The van der Waals surface area contributed by atoms with E-state index < -0.39 is 41.0 Å². The first-order chi connectivity index (χ1) is 26.3. The third-order valence-electron chi connectivity index (χ3n) is 9.67. The highest BCUT2D eigenvalue weighted by Gasteiger charge is 2.33. The van der Waals surface area contributed by atoms with E-state index in [1.54, 1.807) is 12.1 Å². The first kappa shape index (κ1) is 46.8. The number of carbonyl (C=O) groups excluding carboxylic acids is 4. The molecular formula is C37H48ClF6N5O6S. The number of hydrogen-bond donors (Lipinski definition) is 3. The Kier molecular flexibility index (Phi) is 18.2. The van der Waals surface area contributed by atoms with Gasteiger partial charge in [0.25, 0.3) is 0 Å². The van der Waals surface area contributed by atoms with E-state index in [9.17, 15) is 44.3 Å². The van der Waals surface area contributed by atoms with Crippen LogP contribution < -0.4 is 15.4 Å². The summed E-state index contributed by atoms with van der Waals surface area (Å²) in [5, 5.41) is 7.11. The molecule has 19 heteroatoms. The zero-order chi connectivity index (χ0) is 41.5. The van der Waals surface area contributed by atoms with Gasteiger partial charge < -0.3 is 15.5 Å². The Balaban J connectivity index is 0.000000609. The predicted molar refractivity (Wildman–Crippen MR) is 198 cm³/mol. The number of benzene rings is 2. The Bertz CT molecular complexity index is 1670. The molecule has 2 aromatic carbocycles. The Hall–Kier alpha value is -3.58. The number of piperazine rings is 1. The molecule has 5 rings (SSSR count). The van der Waals surface area contributed by atoms with Gasteiger partial charge in [-0.05, 0) is 41.2 Å². The molecule has 0 bridgehead atoms. The number of fused-ring (bicyclic) bond motifs is 1. The summed E-state index contributed by atoms with van der Waals surface area (Å²) < 4.78 is 89.1. The summed E-state index contributed by atoms with van der Waals surface area (Å²) in [5.74, 6) is 0.352. The summed E-state index contributed by atoms with van der Waals surface area (Å²) in [4.78, 5) is 48.9. The van der Waals surface area contributed by atoms with E-state index >= 15 is 0 Å². The van der Waals surface area contributed by atoms with Gasteiger partial charge in [-0.3, -0.25) is 24.1 Å². The van der Waals surface area contributed by atoms with Crippen molar-refractivity contribution in [3.8, 4) is 0 Å². The van der Waals surface area contributed by atoms with Gasteiger partial charge >= 0.3 is 12.4 Å².